The van der Waals surface area contributed by atoms with E-state index in [9.17, 15) is 13.6 Å². The van der Waals surface area contributed by atoms with Gasteiger partial charge in [0.2, 0.25) is 5.91 Å². The molecule has 0 fully saturated rings. The molecular formula is C18H13ClF2N2O2. The minimum absolute atomic E-state index is 0.0123. The minimum Gasteiger partial charge on any atom is -0.441 e. The van der Waals surface area contributed by atoms with E-state index in [1.165, 1.54) is 6.20 Å². The molecule has 0 aliphatic rings. The van der Waals surface area contributed by atoms with Gasteiger partial charge in [0.25, 0.3) is 0 Å². The first-order valence-electron chi connectivity index (χ1n) is 7.47. The quantitative estimate of drug-likeness (QED) is 0.706. The maximum Gasteiger partial charge on any atom is 0.224 e. The molecule has 128 valence electrons. The fraction of sp³-hybridized carbons (Fsp3) is 0.111. The third-order valence-corrected chi connectivity index (χ3v) is 3.79. The summed E-state index contributed by atoms with van der Waals surface area (Å²) in [6, 6.07) is 10.0. The molecule has 0 aliphatic heterocycles. The number of rotatable bonds is 5. The van der Waals surface area contributed by atoms with Gasteiger partial charge in [-0.05, 0) is 24.3 Å². The van der Waals surface area contributed by atoms with Crippen LogP contribution in [0.2, 0.25) is 5.02 Å². The standard InChI is InChI=1S/C18H13ClF2N2O2/c19-13-4-2-1-3-12(13)16-10-22-18(25-16)8-7-17(24)23-15-9-11(20)5-6-14(15)21/h1-6,9-10H,7-8H2,(H,23,24). The lowest BCUT2D eigenvalue weighted by molar-refractivity contribution is -0.116. The van der Waals surface area contributed by atoms with Crippen LogP contribution in [0.5, 0.6) is 0 Å². The molecule has 0 bridgehead atoms. The predicted molar refractivity (Wildman–Crippen MR) is 90.3 cm³/mol. The third-order valence-electron chi connectivity index (χ3n) is 3.46. The number of nitrogens with zero attached hydrogens (tertiary/aromatic N) is 1. The summed E-state index contributed by atoms with van der Waals surface area (Å²) >= 11 is 6.10. The van der Waals surface area contributed by atoms with Crippen molar-refractivity contribution in [1.82, 2.24) is 4.98 Å². The van der Waals surface area contributed by atoms with Crippen LogP contribution in [0.3, 0.4) is 0 Å². The van der Waals surface area contributed by atoms with Crippen molar-refractivity contribution in [2.24, 2.45) is 0 Å². The van der Waals surface area contributed by atoms with E-state index in [0.717, 1.165) is 18.2 Å². The topological polar surface area (TPSA) is 55.1 Å². The van der Waals surface area contributed by atoms with Crippen LogP contribution in [-0.2, 0) is 11.2 Å². The summed E-state index contributed by atoms with van der Waals surface area (Å²) < 4.78 is 32.2. The van der Waals surface area contributed by atoms with Crippen molar-refractivity contribution in [2.45, 2.75) is 12.8 Å². The second-order valence-corrected chi connectivity index (χ2v) is 5.68. The number of benzene rings is 2. The average Bonchev–Trinajstić information content (AvgIpc) is 3.05. The zero-order valence-corrected chi connectivity index (χ0v) is 13.7. The highest BCUT2D eigenvalue weighted by Gasteiger charge is 2.12. The molecule has 1 heterocycles. The zero-order chi connectivity index (χ0) is 17.8. The zero-order valence-electron chi connectivity index (χ0n) is 12.9. The van der Waals surface area contributed by atoms with Gasteiger partial charge in [0.15, 0.2) is 11.7 Å². The maximum absolute atomic E-state index is 13.5. The molecule has 1 N–H and O–H groups in total. The molecule has 1 aromatic heterocycles. The molecule has 0 atom stereocenters. The van der Waals surface area contributed by atoms with Crippen LogP contribution in [0.25, 0.3) is 11.3 Å². The van der Waals surface area contributed by atoms with Crippen LogP contribution >= 0.6 is 11.6 Å². The Balaban J connectivity index is 1.61. The Bertz CT molecular complexity index is 912. The summed E-state index contributed by atoms with van der Waals surface area (Å²) in [5, 5.41) is 2.86. The first-order chi connectivity index (χ1) is 12.0. The van der Waals surface area contributed by atoms with Gasteiger partial charge in [-0.3, -0.25) is 4.79 Å². The number of amides is 1. The number of oxazole rings is 1. The number of hydrogen-bond donors (Lipinski definition) is 1. The van der Waals surface area contributed by atoms with Crippen molar-refractivity contribution in [3.05, 3.63) is 71.2 Å². The smallest absolute Gasteiger partial charge is 0.224 e. The number of anilines is 1. The van der Waals surface area contributed by atoms with Crippen molar-refractivity contribution in [1.29, 1.82) is 0 Å². The second kappa shape index (κ2) is 7.44. The Morgan fingerprint density at radius 2 is 2.00 bits per heavy atom. The highest BCUT2D eigenvalue weighted by atomic mass is 35.5. The first-order valence-corrected chi connectivity index (χ1v) is 7.85. The summed E-state index contributed by atoms with van der Waals surface area (Å²) in [7, 11) is 0. The fourth-order valence-corrected chi connectivity index (χ4v) is 2.47. The number of aromatic nitrogens is 1. The van der Waals surface area contributed by atoms with E-state index in [0.29, 0.717) is 22.2 Å². The van der Waals surface area contributed by atoms with E-state index in [1.54, 1.807) is 18.2 Å². The molecule has 0 saturated heterocycles. The third kappa shape index (κ3) is 4.22. The van der Waals surface area contributed by atoms with Crippen molar-refractivity contribution in [3.63, 3.8) is 0 Å². The molecule has 0 aliphatic carbocycles. The van der Waals surface area contributed by atoms with Gasteiger partial charge in [0.1, 0.15) is 11.6 Å². The van der Waals surface area contributed by atoms with Crippen LogP contribution in [-0.4, -0.2) is 10.9 Å². The van der Waals surface area contributed by atoms with Crippen molar-refractivity contribution in [2.75, 3.05) is 5.32 Å². The highest BCUT2D eigenvalue weighted by Crippen LogP contribution is 2.28. The largest absolute Gasteiger partial charge is 0.441 e. The molecule has 7 heteroatoms. The Labute approximate surface area is 147 Å². The molecule has 0 saturated carbocycles. The van der Waals surface area contributed by atoms with Crippen molar-refractivity contribution < 1.29 is 18.0 Å². The second-order valence-electron chi connectivity index (χ2n) is 5.27. The van der Waals surface area contributed by atoms with Crippen LogP contribution in [0.1, 0.15) is 12.3 Å². The lowest BCUT2D eigenvalue weighted by atomic mass is 10.2. The van der Waals surface area contributed by atoms with Crippen LogP contribution in [0, 0.1) is 11.6 Å². The van der Waals surface area contributed by atoms with E-state index < -0.39 is 17.5 Å². The van der Waals surface area contributed by atoms with Gasteiger partial charge in [0.05, 0.1) is 16.9 Å². The molecule has 3 aromatic rings. The monoisotopic (exact) mass is 362 g/mol. The van der Waals surface area contributed by atoms with Gasteiger partial charge in [0, 0.05) is 24.5 Å². The van der Waals surface area contributed by atoms with E-state index >= 15 is 0 Å². The van der Waals surface area contributed by atoms with Crippen LogP contribution in [0.15, 0.2) is 53.1 Å². The molecule has 3 rings (SSSR count). The first kappa shape index (κ1) is 17.1. The molecular weight excluding hydrogens is 350 g/mol. The number of carbonyl (C=O) groups is 1. The highest BCUT2D eigenvalue weighted by molar-refractivity contribution is 6.33. The Morgan fingerprint density at radius 1 is 1.20 bits per heavy atom. The lowest BCUT2D eigenvalue weighted by Gasteiger charge is -2.05. The summed E-state index contributed by atoms with van der Waals surface area (Å²) in [6.07, 6.45) is 1.76. The van der Waals surface area contributed by atoms with E-state index in [2.05, 4.69) is 10.3 Å². The SMILES string of the molecule is O=C(CCc1ncc(-c2ccccc2Cl)o1)Nc1cc(F)ccc1F. The summed E-state index contributed by atoms with van der Waals surface area (Å²) in [5.74, 6) is -0.954. The average molecular weight is 363 g/mol. The molecule has 0 unspecified atom stereocenters. The Morgan fingerprint density at radius 3 is 2.80 bits per heavy atom. The normalized spacial score (nSPS) is 10.7. The maximum atomic E-state index is 13.5. The molecule has 4 nitrogen and oxygen atoms in total. The summed E-state index contributed by atoms with van der Waals surface area (Å²) in [4.78, 5) is 16.0. The molecule has 0 radical (unpaired) electrons. The fourth-order valence-electron chi connectivity index (χ4n) is 2.24. The van der Waals surface area contributed by atoms with Gasteiger partial charge in [-0.15, -0.1) is 0 Å². The number of carbonyl (C=O) groups excluding carboxylic acids is 1. The minimum atomic E-state index is -0.702. The molecule has 1 amide bonds. The summed E-state index contributed by atoms with van der Waals surface area (Å²) in [6.45, 7) is 0. The molecule has 2 aromatic carbocycles. The van der Waals surface area contributed by atoms with E-state index in [-0.39, 0.29) is 18.5 Å². The van der Waals surface area contributed by atoms with Gasteiger partial charge in [-0.1, -0.05) is 23.7 Å². The van der Waals surface area contributed by atoms with Gasteiger partial charge >= 0.3 is 0 Å². The van der Waals surface area contributed by atoms with Gasteiger partial charge in [-0.25, -0.2) is 13.8 Å². The van der Waals surface area contributed by atoms with Crippen molar-refractivity contribution >= 4 is 23.2 Å². The number of hydrogen-bond acceptors (Lipinski definition) is 3. The van der Waals surface area contributed by atoms with E-state index in [1.807, 2.05) is 6.07 Å². The number of aryl methyl sites for hydroxylation is 1. The van der Waals surface area contributed by atoms with Crippen LogP contribution < -0.4 is 5.32 Å². The van der Waals surface area contributed by atoms with Crippen LogP contribution in [0.4, 0.5) is 14.5 Å². The van der Waals surface area contributed by atoms with E-state index in [4.69, 9.17) is 16.0 Å². The number of halogens is 3. The summed E-state index contributed by atoms with van der Waals surface area (Å²) in [5.41, 5.74) is 0.503. The predicted octanol–water partition coefficient (Wildman–Crippen LogP) is 4.84. The molecule has 25 heavy (non-hydrogen) atoms. The van der Waals surface area contributed by atoms with Gasteiger partial charge in [-0.2, -0.15) is 0 Å². The number of nitrogens with one attached hydrogen (secondary N) is 1. The molecule has 0 spiro atoms. The lowest BCUT2D eigenvalue weighted by Crippen LogP contribution is -2.13. The Hall–Kier alpha value is -2.73. The Kier molecular flexibility index (Phi) is 5.09. The van der Waals surface area contributed by atoms with Gasteiger partial charge < -0.3 is 9.73 Å². The van der Waals surface area contributed by atoms with Crippen molar-refractivity contribution in [3.8, 4) is 11.3 Å².